The number of benzene rings is 4. The van der Waals surface area contributed by atoms with Crippen LogP contribution in [0.25, 0.3) is 0 Å². The Labute approximate surface area is 233 Å². The normalized spacial score (nSPS) is 19.5. The third-order valence-corrected chi connectivity index (χ3v) is 7.36. The lowest BCUT2D eigenvalue weighted by Crippen LogP contribution is -2.32. The first kappa shape index (κ1) is 25.9. The molecule has 4 aromatic rings. The highest BCUT2D eigenvalue weighted by atomic mass is 16.5. The molecule has 0 unspecified atom stereocenters. The summed E-state index contributed by atoms with van der Waals surface area (Å²) >= 11 is 0. The number of rotatable bonds is 4. The SMILES string of the molecule is COc1ccc([C@@H]2CC(=O)c3c(O)cc(O)c([C@@H]4C(=O)c5c(O)cc(O)cc5O[C@H]4c4ccc(O)cc4)c3O2)cc1. The molecule has 0 aliphatic carbocycles. The van der Waals surface area contributed by atoms with E-state index in [1.165, 1.54) is 37.4 Å². The number of methoxy groups -OCH3 is 1. The van der Waals surface area contributed by atoms with Crippen molar-refractivity contribution < 1.29 is 49.3 Å². The molecule has 208 valence electrons. The van der Waals surface area contributed by atoms with Crippen LogP contribution >= 0.6 is 0 Å². The molecule has 0 amide bonds. The molecule has 10 nitrogen and oxygen atoms in total. The van der Waals surface area contributed by atoms with Crippen molar-refractivity contribution in [1.82, 2.24) is 0 Å². The Morgan fingerprint density at radius 1 is 0.732 bits per heavy atom. The van der Waals surface area contributed by atoms with Gasteiger partial charge < -0.3 is 39.7 Å². The summed E-state index contributed by atoms with van der Waals surface area (Å²) in [5.74, 6) is -4.18. The van der Waals surface area contributed by atoms with Crippen LogP contribution in [0.15, 0.2) is 66.7 Å². The minimum absolute atomic E-state index is 0.0377. The van der Waals surface area contributed by atoms with E-state index in [2.05, 4.69) is 0 Å². The molecule has 0 aromatic heterocycles. The van der Waals surface area contributed by atoms with E-state index in [9.17, 15) is 35.1 Å². The Morgan fingerprint density at radius 3 is 2.07 bits per heavy atom. The maximum atomic E-state index is 14.1. The van der Waals surface area contributed by atoms with Crippen molar-refractivity contribution >= 4 is 11.6 Å². The Morgan fingerprint density at radius 2 is 1.39 bits per heavy atom. The lowest BCUT2D eigenvalue weighted by Gasteiger charge is -2.36. The van der Waals surface area contributed by atoms with Gasteiger partial charge in [-0.05, 0) is 35.4 Å². The van der Waals surface area contributed by atoms with Crippen LogP contribution < -0.4 is 14.2 Å². The van der Waals surface area contributed by atoms with Crippen molar-refractivity contribution in [2.45, 2.75) is 24.5 Å². The first-order chi connectivity index (χ1) is 19.7. The molecule has 0 spiro atoms. The fourth-order valence-corrected chi connectivity index (χ4v) is 5.43. The maximum absolute atomic E-state index is 14.1. The van der Waals surface area contributed by atoms with Gasteiger partial charge in [-0.2, -0.15) is 0 Å². The van der Waals surface area contributed by atoms with Crippen molar-refractivity contribution in [3.63, 3.8) is 0 Å². The highest BCUT2D eigenvalue weighted by molar-refractivity contribution is 6.09. The van der Waals surface area contributed by atoms with Crippen LogP contribution in [0.3, 0.4) is 0 Å². The van der Waals surface area contributed by atoms with Crippen LogP contribution in [-0.2, 0) is 0 Å². The predicted octanol–water partition coefficient (Wildman–Crippen LogP) is 5.03. The molecular weight excluding hydrogens is 532 g/mol. The molecule has 41 heavy (non-hydrogen) atoms. The number of Topliss-reactive ketones (excluding diaryl/α,β-unsaturated/α-hetero) is 2. The summed E-state index contributed by atoms with van der Waals surface area (Å²) in [5.41, 5.74) is 0.479. The molecule has 0 saturated carbocycles. The van der Waals surface area contributed by atoms with Gasteiger partial charge in [0.15, 0.2) is 11.6 Å². The van der Waals surface area contributed by atoms with Gasteiger partial charge in [0.25, 0.3) is 0 Å². The summed E-state index contributed by atoms with van der Waals surface area (Å²) < 4.78 is 17.6. The van der Waals surface area contributed by atoms with Gasteiger partial charge in [0.2, 0.25) is 0 Å². The second kappa shape index (κ2) is 9.67. The second-order valence-corrected chi connectivity index (χ2v) is 9.85. The van der Waals surface area contributed by atoms with Crippen LogP contribution in [0.1, 0.15) is 62.0 Å². The Kier molecular flexibility index (Phi) is 6.10. The molecule has 6 rings (SSSR count). The number of hydrogen-bond acceptors (Lipinski definition) is 10. The van der Waals surface area contributed by atoms with Gasteiger partial charge in [-0.25, -0.2) is 0 Å². The maximum Gasteiger partial charge on any atom is 0.182 e. The average Bonchev–Trinajstić information content (AvgIpc) is 2.93. The zero-order valence-electron chi connectivity index (χ0n) is 21.6. The summed E-state index contributed by atoms with van der Waals surface area (Å²) in [4.78, 5) is 27.5. The molecule has 3 atom stereocenters. The number of aromatic hydroxyl groups is 5. The first-order valence-electron chi connectivity index (χ1n) is 12.6. The van der Waals surface area contributed by atoms with Crippen molar-refractivity contribution in [2.75, 3.05) is 7.11 Å². The molecule has 2 aliphatic heterocycles. The summed E-state index contributed by atoms with van der Waals surface area (Å²) in [6.45, 7) is 0. The molecule has 0 bridgehead atoms. The zero-order valence-corrected chi connectivity index (χ0v) is 21.6. The van der Waals surface area contributed by atoms with Crippen molar-refractivity contribution in [3.8, 4) is 46.0 Å². The Balaban J connectivity index is 1.55. The molecule has 2 aliphatic rings. The van der Waals surface area contributed by atoms with Gasteiger partial charge >= 0.3 is 0 Å². The molecule has 0 saturated heterocycles. The lowest BCUT2D eigenvalue weighted by molar-refractivity contribution is 0.0739. The monoisotopic (exact) mass is 556 g/mol. The topological polar surface area (TPSA) is 163 Å². The second-order valence-electron chi connectivity index (χ2n) is 9.85. The van der Waals surface area contributed by atoms with E-state index in [0.717, 1.165) is 12.1 Å². The number of hydrogen-bond donors (Lipinski definition) is 5. The van der Waals surface area contributed by atoms with E-state index in [-0.39, 0.29) is 46.1 Å². The third kappa shape index (κ3) is 4.29. The van der Waals surface area contributed by atoms with E-state index < -0.39 is 46.9 Å². The number of phenols is 5. The van der Waals surface area contributed by atoms with Crippen LogP contribution in [0.5, 0.6) is 46.0 Å². The van der Waals surface area contributed by atoms with E-state index >= 15 is 0 Å². The number of carbonyl (C=O) groups excluding carboxylic acids is 2. The van der Waals surface area contributed by atoms with Crippen LogP contribution in [0, 0.1) is 0 Å². The fraction of sp³-hybridized carbons (Fsp3) is 0.161. The summed E-state index contributed by atoms with van der Waals surface area (Å²) in [6.07, 6.45) is -2.09. The van der Waals surface area contributed by atoms with E-state index in [1.54, 1.807) is 24.3 Å². The van der Waals surface area contributed by atoms with Gasteiger partial charge in [-0.15, -0.1) is 0 Å². The Hall–Kier alpha value is -5.38. The van der Waals surface area contributed by atoms with Crippen molar-refractivity contribution in [1.29, 1.82) is 0 Å². The first-order valence-corrected chi connectivity index (χ1v) is 12.6. The number of carbonyl (C=O) groups is 2. The van der Waals surface area contributed by atoms with E-state index in [1.807, 2.05) is 0 Å². The lowest BCUT2D eigenvalue weighted by atomic mass is 9.78. The summed E-state index contributed by atoms with van der Waals surface area (Å²) in [6, 6.07) is 15.8. The minimum Gasteiger partial charge on any atom is -0.508 e. The zero-order chi connectivity index (χ0) is 29.0. The van der Waals surface area contributed by atoms with Crippen LogP contribution in [-0.4, -0.2) is 44.2 Å². The van der Waals surface area contributed by atoms with E-state index in [0.29, 0.717) is 16.9 Å². The predicted molar refractivity (Wildman–Crippen MR) is 143 cm³/mol. The smallest absolute Gasteiger partial charge is 0.182 e. The van der Waals surface area contributed by atoms with E-state index in [4.69, 9.17) is 14.2 Å². The molecule has 2 heterocycles. The minimum atomic E-state index is -1.38. The summed E-state index contributed by atoms with van der Waals surface area (Å²) in [5, 5.41) is 52.4. The quantitative estimate of drug-likeness (QED) is 0.230. The molecular formula is C31H24O10. The molecule has 0 fully saturated rings. The van der Waals surface area contributed by atoms with Gasteiger partial charge in [-0.1, -0.05) is 24.3 Å². The van der Waals surface area contributed by atoms with Crippen LogP contribution in [0.4, 0.5) is 0 Å². The highest BCUT2D eigenvalue weighted by Crippen LogP contribution is 2.55. The Bertz CT molecular complexity index is 1690. The number of fused-ring (bicyclic) bond motifs is 2. The molecule has 10 heteroatoms. The van der Waals surface area contributed by atoms with Crippen molar-refractivity contribution in [2.24, 2.45) is 0 Å². The molecule has 0 radical (unpaired) electrons. The van der Waals surface area contributed by atoms with Gasteiger partial charge in [-0.3, -0.25) is 9.59 Å². The largest absolute Gasteiger partial charge is 0.508 e. The van der Waals surface area contributed by atoms with Crippen LogP contribution in [0.2, 0.25) is 0 Å². The number of phenolic OH excluding ortho intramolecular Hbond substituents is 5. The average molecular weight is 557 g/mol. The molecule has 5 N–H and O–H groups in total. The number of ether oxygens (including phenoxy) is 3. The van der Waals surface area contributed by atoms with Gasteiger partial charge in [0.1, 0.15) is 69.3 Å². The van der Waals surface area contributed by atoms with Crippen molar-refractivity contribution in [3.05, 3.63) is 94.5 Å². The fourth-order valence-electron chi connectivity index (χ4n) is 5.43. The summed E-state index contributed by atoms with van der Waals surface area (Å²) in [7, 11) is 1.52. The molecule has 4 aromatic carbocycles. The van der Waals surface area contributed by atoms with Gasteiger partial charge in [0.05, 0.1) is 25.0 Å². The standard InChI is InChI=1S/C31H24O10/c1-39-18-8-4-14(5-9-18)23-13-22(37)25-20(35)12-21(36)27(31(25)40-23)28-29(38)26-19(34)10-17(33)11-24(26)41-30(28)15-2-6-16(32)7-3-15/h2-12,23,28,30,32-36H,13H2,1H3/t23-,28+,30-/m0/s1. The highest BCUT2D eigenvalue weighted by Gasteiger charge is 2.46. The van der Waals surface area contributed by atoms with Gasteiger partial charge in [0, 0.05) is 18.2 Å². The third-order valence-electron chi connectivity index (χ3n) is 7.36. The number of ketones is 2.